The summed E-state index contributed by atoms with van der Waals surface area (Å²) in [7, 11) is 1.60. The molecule has 1 unspecified atom stereocenters. The molecule has 10 heteroatoms. The first-order valence-corrected chi connectivity index (χ1v) is 13.8. The molecule has 1 heterocycles. The topological polar surface area (TPSA) is 118 Å². The van der Waals surface area contributed by atoms with Gasteiger partial charge in [0.15, 0.2) is 5.13 Å². The summed E-state index contributed by atoms with van der Waals surface area (Å²) in [6.45, 7) is 0. The number of carbonyl (C=O) groups excluding carboxylic acids is 2. The van der Waals surface area contributed by atoms with Gasteiger partial charge in [0, 0.05) is 10.6 Å². The average molecular weight is 570 g/mol. The molecule has 0 aliphatic heterocycles. The highest BCUT2D eigenvalue weighted by molar-refractivity contribution is 8.00. The maximum atomic E-state index is 13.6. The van der Waals surface area contributed by atoms with E-state index in [0.29, 0.717) is 16.6 Å². The van der Waals surface area contributed by atoms with Crippen molar-refractivity contribution < 1.29 is 24.2 Å². The lowest BCUT2D eigenvalue weighted by Crippen LogP contribution is -2.19. The summed E-state index contributed by atoms with van der Waals surface area (Å²) in [5.41, 5.74) is 2.01. The van der Waals surface area contributed by atoms with Crippen molar-refractivity contribution in [2.75, 3.05) is 17.7 Å². The second-order valence-corrected chi connectivity index (χ2v) is 10.8. The van der Waals surface area contributed by atoms with Crippen LogP contribution in [0.15, 0.2) is 102 Å². The van der Waals surface area contributed by atoms with Crippen LogP contribution in [-0.2, 0) is 4.79 Å². The highest BCUT2D eigenvalue weighted by atomic mass is 32.2. The molecule has 5 aromatic rings. The number of carbonyl (C=O) groups is 3. The van der Waals surface area contributed by atoms with Crippen molar-refractivity contribution in [1.82, 2.24) is 4.98 Å². The molecule has 1 atom stereocenters. The van der Waals surface area contributed by atoms with Gasteiger partial charge in [-0.05, 0) is 54.1 Å². The van der Waals surface area contributed by atoms with E-state index in [9.17, 15) is 19.5 Å². The summed E-state index contributed by atoms with van der Waals surface area (Å²) < 4.78 is 6.18. The van der Waals surface area contributed by atoms with Gasteiger partial charge in [0.25, 0.3) is 5.91 Å². The molecule has 2 amide bonds. The molecule has 8 nitrogen and oxygen atoms in total. The first-order valence-electron chi connectivity index (χ1n) is 12.1. The normalized spacial score (nSPS) is 11.5. The summed E-state index contributed by atoms with van der Waals surface area (Å²) in [4.78, 5) is 43.2. The van der Waals surface area contributed by atoms with Gasteiger partial charge in [-0.2, -0.15) is 0 Å². The standard InChI is InChI=1S/C30H23N3O5S2/c1-38-20-14-15-24-25(17-20)40-30(32-24)33-28(35)26(18-8-3-2-4-9-18)39-21-11-7-10-19(16-21)31-27(34)22-12-5-6-13-23(22)29(36)37/h2-17,26H,1H3,(H,31,34)(H,36,37)(H,32,33,35). The molecule has 200 valence electrons. The third-order valence-electron chi connectivity index (χ3n) is 5.91. The summed E-state index contributed by atoms with van der Waals surface area (Å²) in [5.74, 6) is -1.25. The molecule has 0 aliphatic rings. The molecule has 4 aromatic carbocycles. The molecule has 0 saturated carbocycles. The van der Waals surface area contributed by atoms with Crippen LogP contribution in [-0.4, -0.2) is 35.0 Å². The number of aromatic nitrogens is 1. The number of benzene rings is 4. The minimum atomic E-state index is -1.18. The van der Waals surface area contributed by atoms with Gasteiger partial charge in [0.1, 0.15) is 11.0 Å². The average Bonchev–Trinajstić information content (AvgIpc) is 3.37. The molecule has 1 aromatic heterocycles. The molecular weight excluding hydrogens is 546 g/mol. The number of carboxylic acid groups (broad SMARTS) is 1. The number of nitrogens with zero attached hydrogens (tertiary/aromatic N) is 1. The number of thiazole rings is 1. The van der Waals surface area contributed by atoms with Gasteiger partial charge < -0.3 is 20.5 Å². The zero-order valence-corrected chi connectivity index (χ0v) is 22.8. The molecule has 5 rings (SSSR count). The van der Waals surface area contributed by atoms with E-state index in [1.807, 2.05) is 54.6 Å². The fourth-order valence-corrected chi connectivity index (χ4v) is 5.99. The van der Waals surface area contributed by atoms with E-state index < -0.39 is 17.1 Å². The Kier molecular flexibility index (Phi) is 8.09. The van der Waals surface area contributed by atoms with E-state index >= 15 is 0 Å². The Balaban J connectivity index is 1.37. The molecule has 0 radical (unpaired) electrons. The van der Waals surface area contributed by atoms with E-state index in [-0.39, 0.29) is 17.0 Å². The third-order valence-corrected chi connectivity index (χ3v) is 8.10. The van der Waals surface area contributed by atoms with Crippen LogP contribution in [0.5, 0.6) is 5.75 Å². The van der Waals surface area contributed by atoms with E-state index in [0.717, 1.165) is 20.7 Å². The molecule has 40 heavy (non-hydrogen) atoms. The highest BCUT2D eigenvalue weighted by Crippen LogP contribution is 2.38. The first kappa shape index (κ1) is 26.9. The van der Waals surface area contributed by atoms with Crippen LogP contribution >= 0.6 is 23.1 Å². The highest BCUT2D eigenvalue weighted by Gasteiger charge is 2.24. The number of anilines is 2. The minimum absolute atomic E-state index is 0.0584. The van der Waals surface area contributed by atoms with E-state index in [1.54, 1.807) is 37.4 Å². The van der Waals surface area contributed by atoms with Gasteiger partial charge in [-0.15, -0.1) is 11.8 Å². The largest absolute Gasteiger partial charge is 0.497 e. The van der Waals surface area contributed by atoms with E-state index in [4.69, 9.17) is 4.74 Å². The lowest BCUT2D eigenvalue weighted by molar-refractivity contribution is -0.115. The Morgan fingerprint density at radius 1 is 0.875 bits per heavy atom. The van der Waals surface area contributed by atoms with Gasteiger partial charge in [-0.25, -0.2) is 9.78 Å². The first-order chi connectivity index (χ1) is 19.4. The number of aromatic carboxylic acids is 1. The van der Waals surface area contributed by atoms with Crippen molar-refractivity contribution in [2.24, 2.45) is 0 Å². The lowest BCUT2D eigenvalue weighted by atomic mass is 10.1. The number of carboxylic acids is 1. The van der Waals surface area contributed by atoms with Crippen LogP contribution in [0.25, 0.3) is 10.2 Å². The quantitative estimate of drug-likeness (QED) is 0.169. The predicted molar refractivity (Wildman–Crippen MR) is 158 cm³/mol. The lowest BCUT2D eigenvalue weighted by Gasteiger charge is -2.17. The maximum absolute atomic E-state index is 13.6. The fraction of sp³-hybridized carbons (Fsp3) is 0.0667. The Morgan fingerprint density at radius 3 is 2.38 bits per heavy atom. The molecule has 3 N–H and O–H groups in total. The number of amides is 2. The zero-order valence-electron chi connectivity index (χ0n) is 21.2. The predicted octanol–water partition coefficient (Wildman–Crippen LogP) is 6.73. The number of methoxy groups -OCH3 is 1. The summed E-state index contributed by atoms with van der Waals surface area (Å²) in [5, 5.41) is 15.0. The van der Waals surface area contributed by atoms with Crippen LogP contribution in [0.4, 0.5) is 10.8 Å². The third kappa shape index (κ3) is 6.14. The Bertz CT molecular complexity index is 1700. The van der Waals surface area contributed by atoms with Crippen molar-refractivity contribution in [3.05, 3.63) is 114 Å². The minimum Gasteiger partial charge on any atom is -0.497 e. The van der Waals surface area contributed by atoms with Crippen molar-refractivity contribution in [3.63, 3.8) is 0 Å². The van der Waals surface area contributed by atoms with Gasteiger partial charge in [0.05, 0.1) is 28.5 Å². The molecule has 0 spiro atoms. The van der Waals surface area contributed by atoms with Crippen molar-refractivity contribution >= 4 is 61.9 Å². The number of thioether (sulfide) groups is 1. The molecule has 0 saturated heterocycles. The van der Waals surface area contributed by atoms with Crippen LogP contribution in [0, 0.1) is 0 Å². The summed E-state index contributed by atoms with van der Waals surface area (Å²) in [6.07, 6.45) is 0. The number of hydrogen-bond donors (Lipinski definition) is 3. The Hall–Kier alpha value is -4.67. The van der Waals surface area contributed by atoms with E-state index in [2.05, 4.69) is 15.6 Å². The smallest absolute Gasteiger partial charge is 0.336 e. The summed E-state index contributed by atoms with van der Waals surface area (Å²) >= 11 is 2.69. The molecule has 0 bridgehead atoms. The number of nitrogens with one attached hydrogen (secondary N) is 2. The van der Waals surface area contributed by atoms with Crippen LogP contribution < -0.4 is 15.4 Å². The van der Waals surface area contributed by atoms with Gasteiger partial charge in [-0.1, -0.05) is 59.9 Å². The second kappa shape index (κ2) is 12.0. The van der Waals surface area contributed by atoms with Crippen LogP contribution in [0.1, 0.15) is 31.5 Å². The van der Waals surface area contributed by atoms with Gasteiger partial charge >= 0.3 is 5.97 Å². The van der Waals surface area contributed by atoms with Crippen LogP contribution in [0.3, 0.4) is 0 Å². The Labute approximate surface area is 238 Å². The second-order valence-electron chi connectivity index (χ2n) is 8.58. The number of ether oxygens (including phenoxy) is 1. The molecule has 0 aliphatic carbocycles. The monoisotopic (exact) mass is 569 g/mol. The molecule has 0 fully saturated rings. The fourth-order valence-electron chi connectivity index (χ4n) is 4.01. The van der Waals surface area contributed by atoms with Gasteiger partial charge in [0.2, 0.25) is 5.91 Å². The van der Waals surface area contributed by atoms with Crippen molar-refractivity contribution in [2.45, 2.75) is 10.1 Å². The van der Waals surface area contributed by atoms with E-state index in [1.165, 1.54) is 35.2 Å². The zero-order chi connectivity index (χ0) is 28.1. The Morgan fingerprint density at radius 2 is 1.62 bits per heavy atom. The van der Waals surface area contributed by atoms with Crippen molar-refractivity contribution in [3.8, 4) is 5.75 Å². The van der Waals surface area contributed by atoms with Crippen LogP contribution in [0.2, 0.25) is 0 Å². The summed E-state index contributed by atoms with van der Waals surface area (Å²) in [6, 6.07) is 28.0. The number of hydrogen-bond acceptors (Lipinski definition) is 7. The number of rotatable bonds is 9. The SMILES string of the molecule is COc1ccc2nc(NC(=O)C(Sc3cccc(NC(=O)c4ccccc4C(=O)O)c3)c3ccccc3)sc2c1. The maximum Gasteiger partial charge on any atom is 0.336 e. The van der Waals surface area contributed by atoms with Crippen molar-refractivity contribution in [1.29, 1.82) is 0 Å². The van der Waals surface area contributed by atoms with Gasteiger partial charge in [-0.3, -0.25) is 9.59 Å². The number of fused-ring (bicyclic) bond motifs is 1. The molecular formula is C30H23N3O5S2.